The van der Waals surface area contributed by atoms with Crippen molar-refractivity contribution in [3.05, 3.63) is 52.4 Å². The van der Waals surface area contributed by atoms with Crippen LogP contribution in [-0.4, -0.2) is 67.1 Å². The first-order chi connectivity index (χ1) is 19.1. The number of anilines is 2. The number of amides is 1. The number of nitrogens with one attached hydrogen (secondary N) is 4. The van der Waals surface area contributed by atoms with Gasteiger partial charge in [0.05, 0.1) is 28.6 Å². The van der Waals surface area contributed by atoms with Gasteiger partial charge in [0.1, 0.15) is 11.4 Å². The Labute approximate surface area is 235 Å². The molecule has 0 spiro atoms. The van der Waals surface area contributed by atoms with E-state index in [-0.39, 0.29) is 34.5 Å². The lowest BCUT2D eigenvalue weighted by atomic mass is 9.82. The number of carbonyl (C=O) groups excluding carboxylic acids is 1. The number of nitriles is 1. The zero-order valence-electron chi connectivity index (χ0n) is 23.0. The van der Waals surface area contributed by atoms with Crippen molar-refractivity contribution in [2.45, 2.75) is 61.8 Å². The second kappa shape index (κ2) is 12.2. The number of amidine groups is 1. The molecule has 2 aliphatic rings. The summed E-state index contributed by atoms with van der Waals surface area (Å²) in [6.07, 6.45) is 8.03. The van der Waals surface area contributed by atoms with Crippen molar-refractivity contribution < 1.29 is 13.2 Å². The lowest BCUT2D eigenvalue weighted by Crippen LogP contribution is -2.52. The molecule has 1 saturated carbocycles. The van der Waals surface area contributed by atoms with Gasteiger partial charge in [-0.05, 0) is 56.0 Å². The molecule has 1 saturated heterocycles. The summed E-state index contributed by atoms with van der Waals surface area (Å²) in [5, 5.41) is 24.6. The number of hydrogen-bond acceptors (Lipinski definition) is 7. The number of likely N-dealkylation sites (tertiary alicyclic amines) is 1. The highest BCUT2D eigenvalue weighted by Crippen LogP contribution is 2.33. The summed E-state index contributed by atoms with van der Waals surface area (Å²) in [6, 6.07) is 9.86. The van der Waals surface area contributed by atoms with E-state index in [0.717, 1.165) is 30.0 Å². The highest BCUT2D eigenvalue weighted by atomic mass is 32.2. The minimum Gasteiger partial charge on any atom is -0.378 e. The minimum absolute atomic E-state index is 0.0746. The van der Waals surface area contributed by atoms with E-state index in [4.69, 9.17) is 5.41 Å². The van der Waals surface area contributed by atoms with Gasteiger partial charge in [-0.15, -0.1) is 0 Å². The van der Waals surface area contributed by atoms with Crippen molar-refractivity contribution in [1.82, 2.24) is 14.2 Å². The molecule has 0 atom stereocenters. The molecule has 40 heavy (non-hydrogen) atoms. The Balaban J connectivity index is 1.50. The molecule has 12 heteroatoms. The van der Waals surface area contributed by atoms with Crippen molar-refractivity contribution in [1.29, 1.82) is 10.7 Å². The molecule has 2 heterocycles. The molecule has 1 amide bonds. The molecule has 0 unspecified atom stereocenters. The fraction of sp³-hybridized carbons (Fsp3) is 0.500. The molecule has 1 aliphatic carbocycles. The molecule has 4 N–H and O–H groups in total. The number of piperidine rings is 1. The summed E-state index contributed by atoms with van der Waals surface area (Å²) in [5.41, 5.74) is -0.200. The van der Waals surface area contributed by atoms with Gasteiger partial charge in [0.25, 0.3) is 5.56 Å². The van der Waals surface area contributed by atoms with E-state index in [1.165, 1.54) is 51.0 Å². The van der Waals surface area contributed by atoms with E-state index < -0.39 is 21.1 Å². The van der Waals surface area contributed by atoms with Crippen LogP contribution in [0, 0.1) is 22.7 Å². The van der Waals surface area contributed by atoms with Gasteiger partial charge in [-0.2, -0.15) is 5.26 Å². The SMILES string of the molecule is CN(C)S(=O)(=O)c1ccc(NC(=N)c2c(NC3(CC#N)CCN(C(=O)C4CCCCC4)CC3)cc[nH]c2=O)cc1. The number of rotatable bonds is 8. The topological polar surface area (TPSA) is 162 Å². The first-order valence-corrected chi connectivity index (χ1v) is 15.0. The summed E-state index contributed by atoms with van der Waals surface area (Å²) in [6.45, 7) is 1.06. The molecule has 2 aromatic rings. The molecule has 0 radical (unpaired) electrons. The smallest absolute Gasteiger partial charge is 0.261 e. The maximum atomic E-state index is 13.1. The number of aromatic amines is 1. The van der Waals surface area contributed by atoms with Crippen LogP contribution in [0.3, 0.4) is 0 Å². The Kier molecular flexibility index (Phi) is 8.95. The highest BCUT2D eigenvalue weighted by molar-refractivity contribution is 7.89. The Hall–Kier alpha value is -3.69. The largest absolute Gasteiger partial charge is 0.378 e. The van der Waals surface area contributed by atoms with Crippen LogP contribution in [0.2, 0.25) is 0 Å². The summed E-state index contributed by atoms with van der Waals surface area (Å²) in [4.78, 5) is 30.6. The van der Waals surface area contributed by atoms with E-state index >= 15 is 0 Å². The van der Waals surface area contributed by atoms with E-state index in [1.54, 1.807) is 6.07 Å². The lowest BCUT2D eigenvalue weighted by molar-refractivity contribution is -0.138. The van der Waals surface area contributed by atoms with Gasteiger partial charge in [-0.1, -0.05) is 19.3 Å². The fourth-order valence-corrected chi connectivity index (χ4v) is 6.41. The van der Waals surface area contributed by atoms with Crippen LogP contribution >= 0.6 is 0 Å². The van der Waals surface area contributed by atoms with E-state index in [0.29, 0.717) is 37.3 Å². The van der Waals surface area contributed by atoms with Gasteiger partial charge in [0.2, 0.25) is 15.9 Å². The van der Waals surface area contributed by atoms with Crippen LogP contribution < -0.4 is 16.2 Å². The number of nitrogens with zero attached hydrogens (tertiary/aromatic N) is 3. The zero-order chi connectivity index (χ0) is 28.9. The van der Waals surface area contributed by atoms with Gasteiger partial charge in [0, 0.05) is 45.0 Å². The van der Waals surface area contributed by atoms with Crippen molar-refractivity contribution in [2.75, 3.05) is 37.8 Å². The van der Waals surface area contributed by atoms with Crippen molar-refractivity contribution in [3.63, 3.8) is 0 Å². The van der Waals surface area contributed by atoms with Crippen LogP contribution in [0.25, 0.3) is 0 Å². The maximum absolute atomic E-state index is 13.1. The monoisotopic (exact) mass is 567 g/mol. The molecule has 214 valence electrons. The summed E-state index contributed by atoms with van der Waals surface area (Å²) < 4.78 is 25.8. The fourth-order valence-electron chi connectivity index (χ4n) is 5.50. The molecule has 4 rings (SSSR count). The number of carbonyl (C=O) groups is 1. The Morgan fingerprint density at radius 1 is 1.15 bits per heavy atom. The van der Waals surface area contributed by atoms with E-state index in [9.17, 15) is 23.3 Å². The number of hydrogen-bond donors (Lipinski definition) is 4. The second-order valence-electron chi connectivity index (χ2n) is 10.8. The lowest BCUT2D eigenvalue weighted by Gasteiger charge is -2.43. The van der Waals surface area contributed by atoms with Crippen LogP contribution in [-0.2, 0) is 14.8 Å². The first-order valence-electron chi connectivity index (χ1n) is 13.6. The molecular formula is C28H37N7O4S. The van der Waals surface area contributed by atoms with E-state index in [1.807, 2.05) is 4.90 Å². The Morgan fingerprint density at radius 2 is 1.80 bits per heavy atom. The summed E-state index contributed by atoms with van der Waals surface area (Å²) in [7, 11) is -0.698. The van der Waals surface area contributed by atoms with Crippen LogP contribution in [0.4, 0.5) is 11.4 Å². The average molecular weight is 568 g/mol. The number of benzene rings is 1. The summed E-state index contributed by atoms with van der Waals surface area (Å²) in [5.74, 6) is 0.120. The Bertz CT molecular complexity index is 1430. The van der Waals surface area contributed by atoms with Gasteiger partial charge in [0.15, 0.2) is 0 Å². The average Bonchev–Trinajstić information content (AvgIpc) is 2.94. The van der Waals surface area contributed by atoms with Crippen LogP contribution in [0.15, 0.2) is 46.2 Å². The minimum atomic E-state index is -3.60. The predicted octanol–water partition coefficient (Wildman–Crippen LogP) is 3.33. The third kappa shape index (κ3) is 6.37. The molecule has 1 aromatic heterocycles. The van der Waals surface area contributed by atoms with Gasteiger partial charge in [-0.25, -0.2) is 12.7 Å². The molecule has 2 fully saturated rings. The van der Waals surface area contributed by atoms with E-state index in [2.05, 4.69) is 21.7 Å². The predicted molar refractivity (Wildman–Crippen MR) is 154 cm³/mol. The molecule has 1 aliphatic heterocycles. The highest BCUT2D eigenvalue weighted by Gasteiger charge is 2.38. The molecule has 0 bridgehead atoms. The second-order valence-corrected chi connectivity index (χ2v) is 13.0. The molecule has 11 nitrogen and oxygen atoms in total. The van der Waals surface area contributed by atoms with Gasteiger partial charge >= 0.3 is 0 Å². The van der Waals surface area contributed by atoms with Crippen LogP contribution in [0.5, 0.6) is 0 Å². The van der Waals surface area contributed by atoms with Crippen molar-refractivity contribution >= 4 is 33.1 Å². The van der Waals surface area contributed by atoms with Crippen molar-refractivity contribution in [2.24, 2.45) is 5.92 Å². The Morgan fingerprint density at radius 3 is 2.40 bits per heavy atom. The number of H-pyrrole nitrogens is 1. The normalized spacial score (nSPS) is 17.7. The third-order valence-electron chi connectivity index (χ3n) is 7.92. The zero-order valence-corrected chi connectivity index (χ0v) is 23.8. The maximum Gasteiger partial charge on any atom is 0.261 e. The standard InChI is InChI=1S/C28H37N7O4S/c1-34(2)40(38,39)22-10-8-21(9-11-22)32-25(30)24-23(12-17-31-26(24)36)33-28(13-16-29)14-18-35(19-15-28)27(37)20-6-4-3-5-7-20/h8-12,17,20H,3-7,13-15,18-19H2,1-2H3,(H2,30,32)(H2,31,33,36). The third-order valence-corrected chi connectivity index (χ3v) is 9.75. The van der Waals surface area contributed by atoms with Crippen molar-refractivity contribution in [3.8, 4) is 6.07 Å². The quantitative estimate of drug-likeness (QED) is 0.281. The van der Waals surface area contributed by atoms with Gasteiger partial charge < -0.3 is 20.5 Å². The molecule has 1 aromatic carbocycles. The number of sulfonamides is 1. The number of pyridine rings is 1. The van der Waals surface area contributed by atoms with Crippen LogP contribution in [0.1, 0.15) is 56.9 Å². The first kappa shape index (κ1) is 29.3. The summed E-state index contributed by atoms with van der Waals surface area (Å²) >= 11 is 0. The van der Waals surface area contributed by atoms with Gasteiger partial charge in [-0.3, -0.25) is 15.0 Å². The number of aromatic nitrogens is 1. The molecular weight excluding hydrogens is 530 g/mol.